The molecule has 2 N–H and O–H groups in total. The molecule has 3 unspecified atom stereocenters. The lowest BCUT2D eigenvalue weighted by atomic mass is 10.0. The number of amides is 1. The van der Waals surface area contributed by atoms with Gasteiger partial charge in [-0.1, -0.05) is 244 Å². The van der Waals surface area contributed by atoms with Gasteiger partial charge < -0.3 is 28.8 Å². The molecule has 0 aliphatic heterocycles. The van der Waals surface area contributed by atoms with Gasteiger partial charge in [0, 0.05) is 6.42 Å². The van der Waals surface area contributed by atoms with Crippen LogP contribution in [-0.2, 0) is 18.4 Å². The molecular formula is C53H105N2O6P. The predicted molar refractivity (Wildman–Crippen MR) is 265 cm³/mol. The number of carbonyl (C=O) groups excluding carboxylic acids is 1. The Morgan fingerprint density at radius 1 is 0.548 bits per heavy atom. The molecule has 0 rings (SSSR count). The number of quaternary nitrogens is 1. The van der Waals surface area contributed by atoms with Crippen LogP contribution in [-0.4, -0.2) is 68.5 Å². The highest BCUT2D eigenvalue weighted by molar-refractivity contribution is 7.45. The Morgan fingerprint density at radius 2 is 0.903 bits per heavy atom. The van der Waals surface area contributed by atoms with Crippen LogP contribution in [0.1, 0.15) is 258 Å². The van der Waals surface area contributed by atoms with Crippen LogP contribution in [0.2, 0.25) is 0 Å². The number of nitrogens with one attached hydrogen (secondary N) is 1. The first-order valence-electron chi connectivity index (χ1n) is 26.7. The minimum atomic E-state index is -4.59. The summed E-state index contributed by atoms with van der Waals surface area (Å²) in [6, 6.07) is -0.898. The topological polar surface area (TPSA) is 108 Å². The molecule has 0 aliphatic rings. The quantitative estimate of drug-likeness (QED) is 0.0273. The SMILES string of the molecule is CCCCCCCCCCCCCCCCCCCCCCCC/C=C/CC/C=C/C(O)C(COP(=O)([O-])OCC[N+](C)(C)C)NC(=O)CCCCCCCCCCCCCC. The number of hydrogen-bond donors (Lipinski definition) is 2. The molecule has 8 nitrogen and oxygen atoms in total. The summed E-state index contributed by atoms with van der Waals surface area (Å²) in [5.74, 6) is -0.205. The lowest BCUT2D eigenvalue weighted by molar-refractivity contribution is -0.870. The number of aliphatic hydroxyl groups is 1. The largest absolute Gasteiger partial charge is 0.756 e. The van der Waals surface area contributed by atoms with Crippen molar-refractivity contribution in [2.75, 3.05) is 40.9 Å². The van der Waals surface area contributed by atoms with Gasteiger partial charge in [0.25, 0.3) is 7.82 Å². The Labute approximate surface area is 385 Å². The molecule has 0 aliphatic carbocycles. The molecule has 0 spiro atoms. The fourth-order valence-corrected chi connectivity index (χ4v) is 8.66. The third-order valence-electron chi connectivity index (χ3n) is 12.2. The molecule has 0 fully saturated rings. The number of phosphoric ester groups is 1. The van der Waals surface area contributed by atoms with Crippen LogP contribution in [0.4, 0.5) is 0 Å². The second-order valence-corrected chi connectivity index (χ2v) is 21.0. The number of carbonyl (C=O) groups is 1. The Morgan fingerprint density at radius 3 is 1.31 bits per heavy atom. The van der Waals surface area contributed by atoms with Crippen molar-refractivity contribution in [3.8, 4) is 0 Å². The van der Waals surface area contributed by atoms with Gasteiger partial charge in [0.05, 0.1) is 39.9 Å². The second kappa shape index (κ2) is 45.1. The van der Waals surface area contributed by atoms with Crippen LogP contribution < -0.4 is 10.2 Å². The van der Waals surface area contributed by atoms with Crippen molar-refractivity contribution in [2.45, 2.75) is 270 Å². The zero-order valence-electron chi connectivity index (χ0n) is 41.8. The maximum absolute atomic E-state index is 12.9. The number of hydrogen-bond acceptors (Lipinski definition) is 6. The van der Waals surface area contributed by atoms with Crippen molar-refractivity contribution < 1.29 is 32.9 Å². The van der Waals surface area contributed by atoms with Gasteiger partial charge in [0.15, 0.2) is 0 Å². The van der Waals surface area contributed by atoms with Crippen LogP contribution >= 0.6 is 7.82 Å². The maximum atomic E-state index is 12.9. The van der Waals surface area contributed by atoms with Gasteiger partial charge in [-0.15, -0.1) is 0 Å². The number of unbranched alkanes of at least 4 members (excludes halogenated alkanes) is 34. The third kappa shape index (κ3) is 47.0. The number of rotatable bonds is 49. The van der Waals surface area contributed by atoms with Gasteiger partial charge in [-0.05, 0) is 32.1 Å². The van der Waals surface area contributed by atoms with Crippen molar-refractivity contribution >= 4 is 13.7 Å². The number of phosphoric acid groups is 1. The second-order valence-electron chi connectivity index (χ2n) is 19.6. The summed E-state index contributed by atoms with van der Waals surface area (Å²) in [7, 11) is 1.25. The Kier molecular flexibility index (Phi) is 44.4. The van der Waals surface area contributed by atoms with Crippen molar-refractivity contribution in [1.29, 1.82) is 0 Å². The molecule has 368 valence electrons. The fourth-order valence-electron chi connectivity index (χ4n) is 7.94. The van der Waals surface area contributed by atoms with Gasteiger partial charge in [-0.3, -0.25) is 9.36 Å². The molecule has 0 radical (unpaired) electrons. The zero-order valence-corrected chi connectivity index (χ0v) is 42.7. The van der Waals surface area contributed by atoms with Crippen molar-refractivity contribution in [3.05, 3.63) is 24.3 Å². The third-order valence-corrected chi connectivity index (χ3v) is 13.1. The lowest BCUT2D eigenvalue weighted by Gasteiger charge is -2.29. The van der Waals surface area contributed by atoms with E-state index in [1.54, 1.807) is 6.08 Å². The van der Waals surface area contributed by atoms with Crippen LogP contribution in [0.25, 0.3) is 0 Å². The molecule has 0 saturated heterocycles. The summed E-state index contributed by atoms with van der Waals surface area (Å²) >= 11 is 0. The number of aliphatic hydroxyl groups excluding tert-OH is 1. The highest BCUT2D eigenvalue weighted by atomic mass is 31.2. The molecule has 62 heavy (non-hydrogen) atoms. The summed E-state index contributed by atoms with van der Waals surface area (Å²) in [5, 5.41) is 13.8. The average molecular weight is 897 g/mol. The number of nitrogens with zero attached hydrogens (tertiary/aromatic N) is 1. The van der Waals surface area contributed by atoms with Gasteiger partial charge in [0.1, 0.15) is 13.2 Å². The molecule has 0 aromatic rings. The van der Waals surface area contributed by atoms with Gasteiger partial charge >= 0.3 is 0 Å². The molecule has 3 atom stereocenters. The summed E-state index contributed by atoms with van der Waals surface area (Å²) in [5.41, 5.74) is 0. The van der Waals surface area contributed by atoms with Crippen molar-refractivity contribution in [2.24, 2.45) is 0 Å². The Bertz CT molecular complexity index is 1060. The summed E-state index contributed by atoms with van der Waals surface area (Å²) in [6.45, 7) is 4.64. The van der Waals surface area contributed by atoms with E-state index in [1.165, 1.54) is 199 Å². The molecule has 9 heteroatoms. The lowest BCUT2D eigenvalue weighted by Crippen LogP contribution is -2.45. The highest BCUT2D eigenvalue weighted by Crippen LogP contribution is 2.38. The molecule has 0 saturated carbocycles. The first-order chi connectivity index (χ1) is 30.0. The van der Waals surface area contributed by atoms with E-state index in [0.29, 0.717) is 17.4 Å². The predicted octanol–water partition coefficient (Wildman–Crippen LogP) is 15.0. The van der Waals surface area contributed by atoms with E-state index < -0.39 is 20.0 Å². The Hall–Kier alpha value is -1.02. The number of likely N-dealkylation sites (N-methyl/N-ethyl adjacent to an activating group) is 1. The normalized spacial score (nSPS) is 14.2. The van der Waals surface area contributed by atoms with Gasteiger partial charge in [0.2, 0.25) is 5.91 Å². The molecule has 0 aromatic carbocycles. The first kappa shape index (κ1) is 61.0. The van der Waals surface area contributed by atoms with Crippen LogP contribution in [0.5, 0.6) is 0 Å². The van der Waals surface area contributed by atoms with Crippen LogP contribution in [0.3, 0.4) is 0 Å². The molecule has 1 amide bonds. The average Bonchev–Trinajstić information content (AvgIpc) is 3.23. The smallest absolute Gasteiger partial charge is 0.268 e. The minimum absolute atomic E-state index is 0.00410. The van der Waals surface area contributed by atoms with E-state index in [0.717, 1.165) is 38.5 Å². The van der Waals surface area contributed by atoms with Crippen LogP contribution in [0.15, 0.2) is 24.3 Å². The standard InChI is InChI=1S/C53H105N2O6P/c1-6-8-10-12-14-16-18-20-21-22-23-24-25-26-27-28-29-30-31-32-33-34-35-36-38-40-42-44-46-52(56)51(50-61-62(58,59)60-49-48-55(3,4)5)54-53(57)47-45-43-41-39-37-19-17-15-13-11-9-7-2/h36,38,44,46,51-52,56H,6-35,37,39-43,45,47-50H2,1-5H3,(H-,54,57,58,59)/b38-36+,46-44+. The molecule has 0 heterocycles. The number of allylic oxidation sites excluding steroid dienone is 3. The fraction of sp³-hybridized carbons (Fsp3) is 0.906. The van der Waals surface area contributed by atoms with Crippen molar-refractivity contribution in [1.82, 2.24) is 5.32 Å². The van der Waals surface area contributed by atoms with E-state index in [1.807, 2.05) is 27.2 Å². The van der Waals surface area contributed by atoms with Crippen molar-refractivity contribution in [3.63, 3.8) is 0 Å². The monoisotopic (exact) mass is 897 g/mol. The maximum Gasteiger partial charge on any atom is 0.268 e. The molecule has 0 aromatic heterocycles. The van der Waals surface area contributed by atoms with Crippen LogP contribution in [0, 0.1) is 0 Å². The van der Waals surface area contributed by atoms with E-state index in [2.05, 4.69) is 31.3 Å². The van der Waals surface area contributed by atoms with E-state index >= 15 is 0 Å². The minimum Gasteiger partial charge on any atom is -0.756 e. The van der Waals surface area contributed by atoms with Gasteiger partial charge in [-0.25, -0.2) is 0 Å². The summed E-state index contributed by atoms with van der Waals surface area (Å²) in [4.78, 5) is 25.3. The van der Waals surface area contributed by atoms with E-state index in [4.69, 9.17) is 9.05 Å². The van der Waals surface area contributed by atoms with Gasteiger partial charge in [-0.2, -0.15) is 0 Å². The molecule has 0 bridgehead atoms. The van der Waals surface area contributed by atoms with E-state index in [9.17, 15) is 19.4 Å². The molecular weight excluding hydrogens is 792 g/mol. The highest BCUT2D eigenvalue weighted by Gasteiger charge is 2.23. The first-order valence-corrected chi connectivity index (χ1v) is 28.2. The summed E-state index contributed by atoms with van der Waals surface area (Å²) in [6.07, 6.45) is 55.5. The summed E-state index contributed by atoms with van der Waals surface area (Å²) < 4.78 is 23.2. The zero-order chi connectivity index (χ0) is 45.7. The Balaban J connectivity index is 4.18. The van der Waals surface area contributed by atoms with E-state index in [-0.39, 0.29) is 19.1 Å².